The fourth-order valence-corrected chi connectivity index (χ4v) is 3.85. The van der Waals surface area contributed by atoms with E-state index in [1.54, 1.807) is 24.3 Å². The van der Waals surface area contributed by atoms with Crippen molar-refractivity contribution in [1.29, 1.82) is 0 Å². The summed E-state index contributed by atoms with van der Waals surface area (Å²) in [7, 11) is -2.95. The normalized spacial score (nSPS) is 13.9. The number of nitrogens with zero attached hydrogens (tertiary/aromatic N) is 1. The molecule has 0 unspecified atom stereocenters. The second kappa shape index (κ2) is 6.19. The molecular formula is C19H13NO6S. The van der Waals surface area contributed by atoms with E-state index in [-0.39, 0.29) is 21.1 Å². The highest BCUT2D eigenvalue weighted by atomic mass is 32.2. The molecule has 27 heavy (non-hydrogen) atoms. The molecule has 2 amide bonds. The quantitative estimate of drug-likeness (QED) is 0.644. The van der Waals surface area contributed by atoms with Gasteiger partial charge in [0.05, 0.1) is 23.1 Å². The van der Waals surface area contributed by atoms with Gasteiger partial charge in [-0.1, -0.05) is 24.3 Å². The van der Waals surface area contributed by atoms with Crippen molar-refractivity contribution in [2.24, 2.45) is 0 Å². The van der Waals surface area contributed by atoms with Crippen molar-refractivity contribution in [2.45, 2.75) is 4.90 Å². The van der Waals surface area contributed by atoms with Crippen LogP contribution in [-0.2, 0) is 14.4 Å². The monoisotopic (exact) mass is 383 g/mol. The second-order valence-corrected chi connectivity index (χ2v) is 7.35. The van der Waals surface area contributed by atoms with E-state index in [0.29, 0.717) is 16.5 Å². The number of hydrogen-bond acceptors (Lipinski definition) is 6. The molecule has 136 valence electrons. The molecule has 1 aliphatic rings. The van der Waals surface area contributed by atoms with Crippen LogP contribution in [0.5, 0.6) is 5.75 Å². The van der Waals surface area contributed by atoms with E-state index in [2.05, 4.69) is 0 Å². The summed E-state index contributed by atoms with van der Waals surface area (Å²) >= 11 is 0. The topological polar surface area (TPSA) is 90.0 Å². The van der Waals surface area contributed by atoms with Crippen LogP contribution in [0.4, 0.5) is 0 Å². The lowest BCUT2D eigenvalue weighted by Gasteiger charge is -2.25. The number of rotatable bonds is 4. The number of carbonyl (C=O) groups is 2. The summed E-state index contributed by atoms with van der Waals surface area (Å²) < 4.78 is 35.0. The minimum atomic E-state index is -4.39. The van der Waals surface area contributed by atoms with Crippen molar-refractivity contribution in [3.63, 3.8) is 0 Å². The Morgan fingerprint density at radius 3 is 1.89 bits per heavy atom. The van der Waals surface area contributed by atoms with Crippen molar-refractivity contribution in [3.8, 4) is 5.75 Å². The maximum absolute atomic E-state index is 12.7. The van der Waals surface area contributed by atoms with Crippen molar-refractivity contribution < 1.29 is 27.0 Å². The number of carbonyl (C=O) groups excluding carboxylic acids is 2. The first-order chi connectivity index (χ1) is 12.9. The van der Waals surface area contributed by atoms with E-state index >= 15 is 0 Å². The van der Waals surface area contributed by atoms with Crippen LogP contribution in [0.15, 0.2) is 65.6 Å². The smallest absolute Gasteiger partial charge is 0.318 e. The third-order valence-electron chi connectivity index (χ3n) is 4.26. The highest BCUT2D eigenvalue weighted by Crippen LogP contribution is 2.31. The Kier molecular flexibility index (Phi) is 3.94. The zero-order valence-corrected chi connectivity index (χ0v) is 14.9. The Balaban J connectivity index is 1.74. The molecular weight excluding hydrogens is 370 g/mol. The molecule has 4 rings (SSSR count). The molecule has 0 spiro atoms. The van der Waals surface area contributed by atoms with E-state index < -0.39 is 21.9 Å². The van der Waals surface area contributed by atoms with Crippen molar-refractivity contribution in [1.82, 2.24) is 5.06 Å². The molecule has 0 aromatic heterocycles. The summed E-state index contributed by atoms with van der Waals surface area (Å²) in [6, 6.07) is 15.3. The molecule has 1 heterocycles. The van der Waals surface area contributed by atoms with Crippen LogP contribution in [0.3, 0.4) is 0 Å². The first kappa shape index (κ1) is 17.2. The van der Waals surface area contributed by atoms with Crippen molar-refractivity contribution in [2.75, 3.05) is 7.11 Å². The Morgan fingerprint density at radius 1 is 0.815 bits per heavy atom. The first-order valence-corrected chi connectivity index (χ1v) is 9.32. The average Bonchev–Trinajstić information content (AvgIpc) is 2.69. The van der Waals surface area contributed by atoms with E-state index in [4.69, 9.17) is 9.02 Å². The summed E-state index contributed by atoms with van der Waals surface area (Å²) in [5.41, 5.74) is 0.403. The Labute approximate surface area is 154 Å². The maximum Gasteiger partial charge on any atom is 0.318 e. The summed E-state index contributed by atoms with van der Waals surface area (Å²) in [4.78, 5) is 25.2. The first-order valence-electron chi connectivity index (χ1n) is 7.91. The number of methoxy groups -OCH3 is 1. The zero-order valence-electron chi connectivity index (χ0n) is 14.1. The summed E-state index contributed by atoms with van der Waals surface area (Å²) in [6.07, 6.45) is 0. The molecule has 0 N–H and O–H groups in total. The van der Waals surface area contributed by atoms with Crippen LogP contribution in [0.25, 0.3) is 10.8 Å². The van der Waals surface area contributed by atoms with Gasteiger partial charge in [-0.2, -0.15) is 8.42 Å². The largest absolute Gasteiger partial charge is 0.497 e. The predicted molar refractivity (Wildman–Crippen MR) is 95.7 cm³/mol. The van der Waals surface area contributed by atoms with Crippen LogP contribution in [-0.4, -0.2) is 32.4 Å². The zero-order chi connectivity index (χ0) is 19.2. The summed E-state index contributed by atoms with van der Waals surface area (Å²) in [5, 5.41) is 1.48. The van der Waals surface area contributed by atoms with Crippen LogP contribution >= 0.6 is 0 Å². The third kappa shape index (κ3) is 2.75. The molecule has 0 fully saturated rings. The van der Waals surface area contributed by atoms with Gasteiger partial charge in [0.2, 0.25) is 0 Å². The Hall–Kier alpha value is -3.23. The highest BCUT2D eigenvalue weighted by molar-refractivity contribution is 7.86. The van der Waals surface area contributed by atoms with Gasteiger partial charge in [-0.3, -0.25) is 9.59 Å². The molecule has 0 aliphatic carbocycles. The average molecular weight is 383 g/mol. The molecule has 0 saturated carbocycles. The summed E-state index contributed by atoms with van der Waals surface area (Å²) in [5.74, 6) is -1.21. The molecule has 0 radical (unpaired) electrons. The van der Waals surface area contributed by atoms with Gasteiger partial charge < -0.3 is 4.74 Å². The minimum Gasteiger partial charge on any atom is -0.497 e. The van der Waals surface area contributed by atoms with E-state index in [9.17, 15) is 18.0 Å². The maximum atomic E-state index is 12.7. The van der Waals surface area contributed by atoms with Gasteiger partial charge in [0.25, 0.3) is 11.8 Å². The minimum absolute atomic E-state index is 0.202. The van der Waals surface area contributed by atoms with Gasteiger partial charge in [0, 0.05) is 5.39 Å². The molecule has 1 aliphatic heterocycles. The van der Waals surface area contributed by atoms with Gasteiger partial charge in [-0.05, 0) is 41.8 Å². The van der Waals surface area contributed by atoms with E-state index in [1.807, 2.05) is 0 Å². The molecule has 0 bridgehead atoms. The number of benzene rings is 3. The predicted octanol–water partition coefficient (Wildman–Crippen LogP) is 2.76. The molecule has 3 aromatic carbocycles. The van der Waals surface area contributed by atoms with Gasteiger partial charge in [0.15, 0.2) is 0 Å². The molecule has 8 heteroatoms. The summed E-state index contributed by atoms with van der Waals surface area (Å²) in [6.45, 7) is 0. The lowest BCUT2D eigenvalue weighted by Crippen LogP contribution is -2.41. The Morgan fingerprint density at radius 2 is 1.37 bits per heavy atom. The number of hydroxylamine groups is 2. The third-order valence-corrected chi connectivity index (χ3v) is 5.45. The van der Waals surface area contributed by atoms with Gasteiger partial charge in [-0.25, -0.2) is 0 Å². The number of ether oxygens (including phenoxy) is 1. The molecule has 0 atom stereocenters. The standard InChI is InChI=1S/C19H13NO6S/c1-25-13-8-10-14(11-9-13)27(23,24)26-20-18(21)15-6-2-4-12-5-3-7-16(17(12)15)19(20)22/h2-11H,1H3. The number of imide groups is 1. The van der Waals surface area contributed by atoms with Crippen molar-refractivity contribution >= 4 is 32.7 Å². The number of hydrogen-bond donors (Lipinski definition) is 0. The van der Waals surface area contributed by atoms with E-state index in [0.717, 1.165) is 0 Å². The molecule has 7 nitrogen and oxygen atoms in total. The SMILES string of the molecule is COc1ccc(S(=O)(=O)ON2C(=O)c3cccc4cccc(c34)C2=O)cc1. The van der Waals surface area contributed by atoms with Gasteiger partial charge in [-0.15, -0.1) is 9.35 Å². The van der Waals surface area contributed by atoms with Crippen LogP contribution in [0.1, 0.15) is 20.7 Å². The van der Waals surface area contributed by atoms with Crippen LogP contribution in [0.2, 0.25) is 0 Å². The van der Waals surface area contributed by atoms with Crippen LogP contribution in [0, 0.1) is 0 Å². The van der Waals surface area contributed by atoms with Crippen LogP contribution < -0.4 is 4.74 Å². The second-order valence-electron chi connectivity index (χ2n) is 5.82. The molecule has 3 aromatic rings. The van der Waals surface area contributed by atoms with Gasteiger partial charge in [0.1, 0.15) is 5.75 Å². The van der Waals surface area contributed by atoms with Crippen molar-refractivity contribution in [3.05, 3.63) is 71.8 Å². The Bertz CT molecular complexity index is 1130. The highest BCUT2D eigenvalue weighted by Gasteiger charge is 2.37. The lowest BCUT2D eigenvalue weighted by atomic mass is 9.95. The lowest BCUT2D eigenvalue weighted by molar-refractivity contribution is -0.0155. The fraction of sp³-hybridized carbons (Fsp3) is 0.0526. The van der Waals surface area contributed by atoms with Gasteiger partial charge >= 0.3 is 10.1 Å². The fourth-order valence-electron chi connectivity index (χ4n) is 2.96. The van der Waals surface area contributed by atoms with E-state index in [1.165, 1.54) is 43.5 Å². The molecule has 0 saturated heterocycles. The number of amides is 2.